The Labute approximate surface area is 221 Å². The Bertz CT molecular complexity index is 599. The molecule has 3 heteroatoms. The molecule has 0 fully saturated rings. The van der Waals surface area contributed by atoms with E-state index in [1.54, 1.807) is 24.3 Å². The number of hydrogen-bond donors (Lipinski definition) is 0. The molecule has 0 aliphatic carbocycles. The number of rotatable bonds is 14. The summed E-state index contributed by atoms with van der Waals surface area (Å²) in [4.78, 5) is 0. The van der Waals surface area contributed by atoms with E-state index in [9.17, 15) is 10.2 Å². The molecule has 0 N–H and O–H groups in total. The van der Waals surface area contributed by atoms with E-state index >= 15 is 0 Å². The zero-order valence-corrected chi connectivity index (χ0v) is 22.3. The van der Waals surface area contributed by atoms with Gasteiger partial charge in [0.05, 0.1) is 0 Å². The van der Waals surface area contributed by atoms with Crippen LogP contribution in [-0.2, 0) is 12.8 Å². The van der Waals surface area contributed by atoms with Gasteiger partial charge in [-0.25, -0.2) is 0 Å². The van der Waals surface area contributed by atoms with E-state index in [1.807, 2.05) is 24.3 Å². The summed E-state index contributed by atoms with van der Waals surface area (Å²) >= 11 is 0. The van der Waals surface area contributed by atoms with Gasteiger partial charge in [-0.15, -0.1) is 11.5 Å². The van der Waals surface area contributed by atoms with Crippen molar-refractivity contribution >= 4 is 37.7 Å². The van der Waals surface area contributed by atoms with E-state index in [0.717, 1.165) is 12.8 Å². The molecule has 0 amide bonds. The molecule has 0 radical (unpaired) electrons. The van der Waals surface area contributed by atoms with Crippen molar-refractivity contribution in [3.63, 3.8) is 0 Å². The Morgan fingerprint density at radius 1 is 0.516 bits per heavy atom. The summed E-state index contributed by atoms with van der Waals surface area (Å²) < 4.78 is 0. The summed E-state index contributed by atoms with van der Waals surface area (Å²) in [6.07, 6.45) is 17.9. The maximum Gasteiger partial charge on any atom is 2.00 e. The fraction of sp³-hybridized carbons (Fsp3) is 0.571. The first-order valence-electron chi connectivity index (χ1n) is 12.2. The summed E-state index contributed by atoms with van der Waals surface area (Å²) in [5.41, 5.74) is 2.39. The van der Waals surface area contributed by atoms with Crippen LogP contribution in [0.3, 0.4) is 0 Å². The van der Waals surface area contributed by atoms with Gasteiger partial charge in [0, 0.05) is 0 Å². The second-order valence-electron chi connectivity index (χ2n) is 8.33. The molecule has 0 aliphatic heterocycles. The van der Waals surface area contributed by atoms with Crippen molar-refractivity contribution in [1.82, 2.24) is 0 Å². The molecule has 2 aromatic rings. The van der Waals surface area contributed by atoms with Crippen molar-refractivity contribution in [2.24, 2.45) is 0 Å². The van der Waals surface area contributed by atoms with E-state index in [1.165, 1.54) is 88.2 Å². The Morgan fingerprint density at radius 3 is 1.23 bits per heavy atom. The van der Waals surface area contributed by atoms with Crippen molar-refractivity contribution in [3.05, 3.63) is 59.7 Å². The summed E-state index contributed by atoms with van der Waals surface area (Å²) in [5.74, 6) is 0.275. The SMILES string of the molecule is CCCCCCCCc1cccc([O-])c1.CCCCCCCCc1cccc([O-])c1.[Ca+2]. The number of aryl methyl sites for hydroxylation is 2. The average Bonchev–Trinajstić information content (AvgIpc) is 2.74. The van der Waals surface area contributed by atoms with E-state index in [2.05, 4.69) is 13.8 Å². The summed E-state index contributed by atoms with van der Waals surface area (Å²) in [6, 6.07) is 14.6. The van der Waals surface area contributed by atoms with Gasteiger partial charge in [0.2, 0.25) is 0 Å². The van der Waals surface area contributed by atoms with Gasteiger partial charge in [0.25, 0.3) is 0 Å². The zero-order chi connectivity index (χ0) is 21.9. The number of unbranched alkanes of at least 4 members (excludes halogenated alkanes) is 10. The molecule has 0 spiro atoms. The van der Waals surface area contributed by atoms with Gasteiger partial charge >= 0.3 is 37.7 Å². The van der Waals surface area contributed by atoms with Gasteiger partial charge in [-0.05, 0) is 36.8 Å². The van der Waals surface area contributed by atoms with E-state index in [0.29, 0.717) is 0 Å². The smallest absolute Gasteiger partial charge is 0.872 e. The van der Waals surface area contributed by atoms with Crippen LogP contribution < -0.4 is 10.2 Å². The quantitative estimate of drug-likeness (QED) is 0.231. The van der Waals surface area contributed by atoms with Crippen LogP contribution in [0.4, 0.5) is 0 Å². The predicted molar refractivity (Wildman–Crippen MR) is 132 cm³/mol. The Kier molecular flexibility index (Phi) is 20.7. The third-order valence-electron chi connectivity index (χ3n) is 5.43. The topological polar surface area (TPSA) is 46.1 Å². The van der Waals surface area contributed by atoms with Crippen LogP contribution in [0, 0.1) is 0 Å². The van der Waals surface area contributed by atoms with Crippen LogP contribution in [0.15, 0.2) is 48.5 Å². The second-order valence-corrected chi connectivity index (χ2v) is 8.33. The molecule has 0 unspecified atom stereocenters. The summed E-state index contributed by atoms with van der Waals surface area (Å²) in [7, 11) is 0. The van der Waals surface area contributed by atoms with Crippen LogP contribution in [-0.4, -0.2) is 37.7 Å². The van der Waals surface area contributed by atoms with Crippen LogP contribution in [0.2, 0.25) is 0 Å². The monoisotopic (exact) mass is 450 g/mol. The molecular formula is C28H42CaO2. The van der Waals surface area contributed by atoms with Gasteiger partial charge in [-0.3, -0.25) is 0 Å². The van der Waals surface area contributed by atoms with Crippen molar-refractivity contribution in [1.29, 1.82) is 0 Å². The van der Waals surface area contributed by atoms with Gasteiger partial charge in [-0.2, -0.15) is 0 Å². The standard InChI is InChI=1S/2C14H22O.Ca/c2*1-2-3-4-5-6-7-9-13-10-8-11-14(15)12-13;/h2*8,10-12,15H,2-7,9H2,1H3;/q;;+2/p-2. The first-order valence-corrected chi connectivity index (χ1v) is 12.2. The molecule has 0 saturated heterocycles. The van der Waals surface area contributed by atoms with Gasteiger partial charge < -0.3 is 10.2 Å². The minimum absolute atomic E-state index is 0. The molecule has 2 nitrogen and oxygen atoms in total. The van der Waals surface area contributed by atoms with Crippen molar-refractivity contribution < 1.29 is 10.2 Å². The molecule has 2 aromatic carbocycles. The van der Waals surface area contributed by atoms with Crippen molar-refractivity contribution in [2.45, 2.75) is 104 Å². The summed E-state index contributed by atoms with van der Waals surface area (Å²) in [5, 5.41) is 22.1. The third-order valence-corrected chi connectivity index (χ3v) is 5.43. The molecule has 0 aliphatic rings. The summed E-state index contributed by atoms with van der Waals surface area (Å²) in [6.45, 7) is 4.47. The molecular weight excluding hydrogens is 408 g/mol. The van der Waals surface area contributed by atoms with Gasteiger partial charge in [0.1, 0.15) is 0 Å². The molecule has 0 saturated carbocycles. The minimum atomic E-state index is 0. The first kappa shape index (κ1) is 30.3. The maximum atomic E-state index is 11.1. The average molecular weight is 451 g/mol. The fourth-order valence-electron chi connectivity index (χ4n) is 3.62. The van der Waals surface area contributed by atoms with Crippen molar-refractivity contribution in [2.75, 3.05) is 0 Å². The molecule has 0 heterocycles. The molecule has 0 atom stereocenters. The maximum absolute atomic E-state index is 11.1. The second kappa shape index (κ2) is 21.2. The Morgan fingerprint density at radius 2 is 0.871 bits per heavy atom. The van der Waals surface area contributed by atoms with Gasteiger partial charge in [-0.1, -0.05) is 127 Å². The normalized spacial score (nSPS) is 10.1. The molecule has 168 valence electrons. The number of hydrogen-bond acceptors (Lipinski definition) is 2. The van der Waals surface area contributed by atoms with Crippen LogP contribution >= 0.6 is 0 Å². The Hall–Kier alpha value is -0.700. The molecule has 0 aromatic heterocycles. The van der Waals surface area contributed by atoms with Gasteiger partial charge in [0.15, 0.2) is 0 Å². The molecule has 0 bridgehead atoms. The van der Waals surface area contributed by atoms with Crippen LogP contribution in [0.5, 0.6) is 11.5 Å². The van der Waals surface area contributed by atoms with E-state index < -0.39 is 0 Å². The molecule has 2 rings (SSSR count). The first-order chi connectivity index (χ1) is 14.7. The fourth-order valence-corrected chi connectivity index (χ4v) is 3.62. The predicted octanol–water partition coefficient (Wildman–Crippen LogP) is 6.95. The molecule has 31 heavy (non-hydrogen) atoms. The van der Waals surface area contributed by atoms with Crippen LogP contribution in [0.25, 0.3) is 0 Å². The largest absolute Gasteiger partial charge is 2.00 e. The Balaban J connectivity index is 0.000000562. The van der Waals surface area contributed by atoms with E-state index in [-0.39, 0.29) is 49.2 Å². The third kappa shape index (κ3) is 17.5. The van der Waals surface area contributed by atoms with Crippen LogP contribution in [0.1, 0.15) is 102 Å². The van der Waals surface area contributed by atoms with E-state index in [4.69, 9.17) is 0 Å². The number of benzene rings is 2. The zero-order valence-electron chi connectivity index (χ0n) is 20.0. The van der Waals surface area contributed by atoms with Crippen molar-refractivity contribution in [3.8, 4) is 11.5 Å². The minimum Gasteiger partial charge on any atom is -0.872 e.